The number of aliphatic hydroxyl groups is 1. The van der Waals surface area contributed by atoms with Gasteiger partial charge in [0.25, 0.3) is 0 Å². The Morgan fingerprint density at radius 2 is 2.09 bits per heavy atom. The maximum Gasteiger partial charge on any atom is 0.431 e. The average Bonchev–Trinajstić information content (AvgIpc) is 2.85. The van der Waals surface area contributed by atoms with Crippen LogP contribution in [0.3, 0.4) is 0 Å². The van der Waals surface area contributed by atoms with E-state index in [-0.39, 0.29) is 5.56 Å². The zero-order chi connectivity index (χ0) is 17.4. The summed E-state index contributed by atoms with van der Waals surface area (Å²) < 4.78 is 44.0. The van der Waals surface area contributed by atoms with Crippen LogP contribution in [0.25, 0.3) is 0 Å². The van der Waals surface area contributed by atoms with E-state index in [4.69, 9.17) is 4.74 Å². The summed E-state index contributed by atoms with van der Waals surface area (Å²) in [6.45, 7) is 3.05. The van der Waals surface area contributed by atoms with Gasteiger partial charge in [-0.1, -0.05) is 26.0 Å². The normalized spacial score (nSPS) is 21.6. The van der Waals surface area contributed by atoms with Gasteiger partial charge >= 0.3 is 6.18 Å². The van der Waals surface area contributed by atoms with Crippen LogP contribution in [0.5, 0.6) is 5.75 Å². The Morgan fingerprint density at radius 1 is 1.43 bits per heavy atom. The van der Waals surface area contributed by atoms with Gasteiger partial charge in [0.1, 0.15) is 11.5 Å². The van der Waals surface area contributed by atoms with Crippen molar-refractivity contribution in [3.05, 3.63) is 29.8 Å². The van der Waals surface area contributed by atoms with Crippen LogP contribution in [0, 0.1) is 5.92 Å². The van der Waals surface area contributed by atoms with E-state index >= 15 is 0 Å². The molecule has 23 heavy (non-hydrogen) atoms. The summed E-state index contributed by atoms with van der Waals surface area (Å²) in [6, 6.07) is 5.92. The molecule has 0 saturated carbocycles. The summed E-state index contributed by atoms with van der Waals surface area (Å²) in [5.74, 6) is -0.966. The van der Waals surface area contributed by atoms with E-state index < -0.39 is 35.9 Å². The van der Waals surface area contributed by atoms with E-state index in [1.54, 1.807) is 6.07 Å². The minimum Gasteiger partial charge on any atom is -0.497 e. The fraction of sp³-hybridized carbons (Fsp3) is 0.467. The number of carbonyl (C=O) groups excluding carboxylic acids is 1. The number of halogens is 3. The molecule has 0 fully saturated rings. The van der Waals surface area contributed by atoms with Crippen molar-refractivity contribution < 1.29 is 27.8 Å². The molecule has 1 N–H and O–H groups in total. The first-order valence-electron chi connectivity index (χ1n) is 6.95. The van der Waals surface area contributed by atoms with E-state index in [9.17, 15) is 23.1 Å². The minimum atomic E-state index is -4.72. The lowest BCUT2D eigenvalue weighted by Gasteiger charge is -2.32. The van der Waals surface area contributed by atoms with Crippen LogP contribution < -0.4 is 4.74 Å². The number of rotatable bonds is 3. The summed E-state index contributed by atoms with van der Waals surface area (Å²) in [7, 11) is 1.40. The van der Waals surface area contributed by atoms with Gasteiger partial charge in [0.05, 0.1) is 13.5 Å². The summed E-state index contributed by atoms with van der Waals surface area (Å²) in [6.07, 6.45) is -5.55. The van der Waals surface area contributed by atoms with Crippen molar-refractivity contribution in [2.75, 3.05) is 7.11 Å². The van der Waals surface area contributed by atoms with Gasteiger partial charge < -0.3 is 9.84 Å². The number of ether oxygens (including phenoxy) is 1. The molecule has 0 saturated heterocycles. The van der Waals surface area contributed by atoms with E-state index in [0.29, 0.717) is 10.8 Å². The second-order valence-corrected chi connectivity index (χ2v) is 5.57. The van der Waals surface area contributed by atoms with E-state index in [1.165, 1.54) is 39.2 Å². The Bertz CT molecular complexity index is 643. The highest BCUT2D eigenvalue weighted by Gasteiger charge is 2.53. The highest BCUT2D eigenvalue weighted by molar-refractivity contribution is 5.94. The van der Waals surface area contributed by atoms with Gasteiger partial charge in [-0.15, -0.1) is 0 Å². The first kappa shape index (κ1) is 17.3. The van der Waals surface area contributed by atoms with Crippen LogP contribution in [0.1, 0.15) is 25.8 Å². The molecule has 0 radical (unpaired) electrons. The van der Waals surface area contributed by atoms with Crippen molar-refractivity contribution in [2.24, 2.45) is 11.0 Å². The zero-order valence-electron chi connectivity index (χ0n) is 12.9. The second-order valence-electron chi connectivity index (χ2n) is 5.57. The van der Waals surface area contributed by atoms with Gasteiger partial charge in [-0.2, -0.15) is 23.3 Å². The van der Waals surface area contributed by atoms with Crippen LogP contribution >= 0.6 is 0 Å². The highest BCUT2D eigenvalue weighted by Crippen LogP contribution is 2.41. The maximum atomic E-state index is 13.0. The fourth-order valence-corrected chi connectivity index (χ4v) is 2.28. The molecule has 2 rings (SSSR count). The van der Waals surface area contributed by atoms with Crippen LogP contribution in [-0.4, -0.2) is 35.0 Å². The number of carbonyl (C=O) groups is 1. The molecule has 1 heterocycles. The van der Waals surface area contributed by atoms with Crippen molar-refractivity contribution in [3.8, 4) is 5.75 Å². The van der Waals surface area contributed by atoms with Gasteiger partial charge in [0, 0.05) is 11.5 Å². The molecule has 1 aliphatic rings. The Balaban J connectivity index is 2.51. The van der Waals surface area contributed by atoms with Crippen LogP contribution in [0.4, 0.5) is 13.2 Å². The SMILES string of the molecule is COc1cccc([C@]2(O)CC(C(F)(F)F)=NN2C(=O)C(C)C)c1. The number of alkyl halides is 3. The number of amides is 1. The number of hydrogen-bond donors (Lipinski definition) is 1. The lowest BCUT2D eigenvalue weighted by molar-refractivity contribution is -0.161. The molecular weight excluding hydrogens is 313 g/mol. The largest absolute Gasteiger partial charge is 0.497 e. The average molecular weight is 330 g/mol. The topological polar surface area (TPSA) is 62.1 Å². The molecule has 1 atom stereocenters. The maximum absolute atomic E-state index is 13.0. The van der Waals surface area contributed by atoms with Gasteiger partial charge in [0.15, 0.2) is 5.72 Å². The molecular formula is C15H17F3N2O3. The van der Waals surface area contributed by atoms with E-state index in [0.717, 1.165) is 0 Å². The molecule has 1 amide bonds. The lowest BCUT2D eigenvalue weighted by atomic mass is 9.96. The standard InChI is InChI=1S/C15H17F3N2O3/c1-9(2)13(21)20-14(22,8-12(19-20)15(16,17)18)10-5-4-6-11(7-10)23-3/h4-7,9,22H,8H2,1-3H3/t14-/m1/s1. The lowest BCUT2D eigenvalue weighted by Crippen LogP contribution is -2.45. The Kier molecular flexibility index (Phi) is 4.39. The molecule has 0 unspecified atom stereocenters. The van der Waals surface area contributed by atoms with Gasteiger partial charge in [-0.05, 0) is 12.1 Å². The molecule has 1 aromatic rings. The molecule has 8 heteroatoms. The fourth-order valence-electron chi connectivity index (χ4n) is 2.28. The first-order chi connectivity index (χ1) is 10.6. The third kappa shape index (κ3) is 3.17. The van der Waals surface area contributed by atoms with Gasteiger partial charge in [-0.3, -0.25) is 4.79 Å². The molecule has 1 aliphatic heterocycles. The molecule has 0 aliphatic carbocycles. The van der Waals surface area contributed by atoms with Crippen molar-refractivity contribution in [1.82, 2.24) is 5.01 Å². The second kappa shape index (κ2) is 5.84. The number of benzene rings is 1. The van der Waals surface area contributed by atoms with Crippen LogP contribution in [0.2, 0.25) is 0 Å². The predicted octanol–water partition coefficient (Wildman–Crippen LogP) is 2.65. The number of hydrazone groups is 1. The number of nitrogens with zero attached hydrogens (tertiary/aromatic N) is 2. The highest BCUT2D eigenvalue weighted by atomic mass is 19.4. The molecule has 0 aromatic heterocycles. The predicted molar refractivity (Wildman–Crippen MR) is 76.7 cm³/mol. The molecule has 0 spiro atoms. The molecule has 5 nitrogen and oxygen atoms in total. The van der Waals surface area contributed by atoms with Crippen molar-refractivity contribution >= 4 is 11.6 Å². The van der Waals surface area contributed by atoms with Gasteiger partial charge in [-0.25, -0.2) is 0 Å². The molecule has 0 bridgehead atoms. The Hall–Kier alpha value is -2.09. The zero-order valence-corrected chi connectivity index (χ0v) is 12.9. The summed E-state index contributed by atoms with van der Waals surface area (Å²) in [4.78, 5) is 12.2. The minimum absolute atomic E-state index is 0.105. The number of methoxy groups -OCH3 is 1. The van der Waals surface area contributed by atoms with E-state index in [2.05, 4.69) is 5.10 Å². The Labute approximate surface area is 131 Å². The first-order valence-corrected chi connectivity index (χ1v) is 6.95. The Morgan fingerprint density at radius 3 is 2.61 bits per heavy atom. The van der Waals surface area contributed by atoms with E-state index in [1.807, 2.05) is 0 Å². The summed E-state index contributed by atoms with van der Waals surface area (Å²) >= 11 is 0. The van der Waals surface area contributed by atoms with Crippen molar-refractivity contribution in [2.45, 2.75) is 32.2 Å². The smallest absolute Gasteiger partial charge is 0.431 e. The third-order valence-corrected chi connectivity index (χ3v) is 3.55. The van der Waals surface area contributed by atoms with Gasteiger partial charge in [0.2, 0.25) is 5.91 Å². The number of hydrogen-bond acceptors (Lipinski definition) is 4. The molecule has 1 aromatic carbocycles. The van der Waals surface area contributed by atoms with Crippen molar-refractivity contribution in [3.63, 3.8) is 0 Å². The monoisotopic (exact) mass is 330 g/mol. The summed E-state index contributed by atoms with van der Waals surface area (Å²) in [5, 5.41) is 14.7. The van der Waals surface area contributed by atoms with Crippen LogP contribution in [-0.2, 0) is 10.5 Å². The summed E-state index contributed by atoms with van der Waals surface area (Å²) in [5.41, 5.74) is -3.29. The van der Waals surface area contributed by atoms with Crippen molar-refractivity contribution in [1.29, 1.82) is 0 Å². The quantitative estimate of drug-likeness (QED) is 0.927. The van der Waals surface area contributed by atoms with Crippen LogP contribution in [0.15, 0.2) is 29.4 Å². The molecule has 126 valence electrons. The third-order valence-electron chi connectivity index (χ3n) is 3.55.